The molecule has 0 saturated heterocycles. The molecule has 1 aromatic carbocycles. The molecule has 76 valence electrons. The molecule has 1 aromatic heterocycles. The van der Waals surface area contributed by atoms with Crippen LogP contribution >= 0.6 is 0 Å². The summed E-state index contributed by atoms with van der Waals surface area (Å²) in [5.41, 5.74) is 0. The molecule has 1 aliphatic rings. The van der Waals surface area contributed by atoms with Gasteiger partial charge in [0.25, 0.3) is 0 Å². The third kappa shape index (κ3) is 1.47. The molecule has 2 aromatic rings. The van der Waals surface area contributed by atoms with E-state index in [0.717, 1.165) is 5.35 Å². The van der Waals surface area contributed by atoms with Gasteiger partial charge in [-0.1, -0.05) is 54.6 Å². The predicted octanol–water partition coefficient (Wildman–Crippen LogP) is 1.50. The summed E-state index contributed by atoms with van der Waals surface area (Å²) in [5.74, 6) is 0. The van der Waals surface area contributed by atoms with Crippen LogP contribution in [0, 0.1) is 10.6 Å². The molecule has 0 radical (unpaired) electrons. The number of hydrogen-bond acceptors (Lipinski definition) is 1. The Morgan fingerprint density at radius 2 is 1.50 bits per heavy atom. The highest BCUT2D eigenvalue weighted by Gasteiger charge is 1.91. The quantitative estimate of drug-likeness (QED) is 0.635. The van der Waals surface area contributed by atoms with Gasteiger partial charge in [-0.3, -0.25) is 4.98 Å². The minimum absolute atomic E-state index is 1.05. The van der Waals surface area contributed by atoms with E-state index in [-0.39, 0.29) is 0 Å². The molecule has 0 fully saturated rings. The lowest BCUT2D eigenvalue weighted by atomic mass is 10.1. The highest BCUT2D eigenvalue weighted by atomic mass is 14.6. The van der Waals surface area contributed by atoms with E-state index in [4.69, 9.17) is 0 Å². The number of fused-ring (bicyclic) bond motifs is 2. The summed E-state index contributed by atoms with van der Waals surface area (Å²) >= 11 is 0. The van der Waals surface area contributed by atoms with Crippen molar-refractivity contribution < 1.29 is 0 Å². The van der Waals surface area contributed by atoms with Gasteiger partial charge in [-0.05, 0) is 11.3 Å². The molecular weight excluding hydrogens is 194 g/mol. The molecule has 1 aliphatic carbocycles. The first-order chi connectivity index (χ1) is 7.95. The largest absolute Gasteiger partial charge is 0.256 e. The molecule has 0 atom stereocenters. The molecule has 16 heavy (non-hydrogen) atoms. The first-order valence-electron chi connectivity index (χ1n) is 5.34. The number of allylic oxidation sites excluding steroid dienone is 2. The highest BCUT2D eigenvalue weighted by Crippen LogP contribution is 1.90. The van der Waals surface area contributed by atoms with E-state index >= 15 is 0 Å². The average Bonchev–Trinajstić information content (AvgIpc) is 2.33. The number of benzene rings is 1. The van der Waals surface area contributed by atoms with Crippen LogP contribution in [0.2, 0.25) is 0 Å². The summed E-state index contributed by atoms with van der Waals surface area (Å²) < 4.78 is 0. The first-order valence-corrected chi connectivity index (χ1v) is 5.34. The van der Waals surface area contributed by atoms with Gasteiger partial charge in [0, 0.05) is 16.6 Å². The van der Waals surface area contributed by atoms with Crippen LogP contribution in [0.5, 0.6) is 0 Å². The minimum Gasteiger partial charge on any atom is -0.256 e. The van der Waals surface area contributed by atoms with Gasteiger partial charge in [0.2, 0.25) is 0 Å². The molecular formula is C15H11N. The van der Waals surface area contributed by atoms with Crippen LogP contribution in [0.25, 0.3) is 12.2 Å². The van der Waals surface area contributed by atoms with Crippen LogP contribution in [0.1, 0.15) is 0 Å². The summed E-state index contributed by atoms with van der Waals surface area (Å²) in [6.45, 7) is 0. The van der Waals surface area contributed by atoms with E-state index in [2.05, 4.69) is 59.6 Å². The van der Waals surface area contributed by atoms with E-state index in [1.807, 2.05) is 12.3 Å². The van der Waals surface area contributed by atoms with Crippen molar-refractivity contribution in [2.75, 3.05) is 0 Å². The first kappa shape index (κ1) is 9.10. The molecule has 0 unspecified atom stereocenters. The van der Waals surface area contributed by atoms with Crippen LogP contribution in [0.4, 0.5) is 0 Å². The Morgan fingerprint density at radius 3 is 2.44 bits per heavy atom. The predicted molar refractivity (Wildman–Crippen MR) is 65.7 cm³/mol. The Balaban J connectivity index is 2.74. The standard InChI is InChI=1S/C15H11N/c1-2-8-13-9-5-11-16-15(13)14-10-4-3-7-12(14)6-1/h1-11H/b2-1-,6-1?,8-2?,12-6-,13-8-,15-14+. The van der Waals surface area contributed by atoms with Crippen molar-refractivity contribution in [3.63, 3.8) is 0 Å². The average molecular weight is 205 g/mol. The zero-order valence-electron chi connectivity index (χ0n) is 8.80. The summed E-state index contributed by atoms with van der Waals surface area (Å²) in [5, 5.41) is 4.63. The van der Waals surface area contributed by atoms with E-state index in [1.54, 1.807) is 0 Å². The Labute approximate surface area is 93.4 Å². The summed E-state index contributed by atoms with van der Waals surface area (Å²) in [7, 11) is 0. The molecule has 0 bridgehead atoms. The maximum absolute atomic E-state index is 4.48. The van der Waals surface area contributed by atoms with Crippen LogP contribution in [0.3, 0.4) is 0 Å². The van der Waals surface area contributed by atoms with Crippen molar-refractivity contribution >= 4 is 12.2 Å². The molecule has 0 saturated carbocycles. The zero-order chi connectivity index (χ0) is 10.8. The second kappa shape index (κ2) is 3.78. The second-order valence-corrected chi connectivity index (χ2v) is 3.75. The minimum atomic E-state index is 1.05. The molecule has 0 spiro atoms. The Kier molecular flexibility index (Phi) is 2.15. The topological polar surface area (TPSA) is 12.9 Å². The molecule has 0 aliphatic heterocycles. The fourth-order valence-corrected chi connectivity index (χ4v) is 1.95. The fourth-order valence-electron chi connectivity index (χ4n) is 1.95. The maximum Gasteiger partial charge on any atom is 0.0780 e. The monoisotopic (exact) mass is 205 g/mol. The molecule has 0 N–H and O–H groups in total. The molecule has 3 rings (SSSR count). The van der Waals surface area contributed by atoms with Crippen molar-refractivity contribution in [1.82, 2.24) is 4.98 Å². The lowest BCUT2D eigenvalue weighted by Gasteiger charge is -1.94. The van der Waals surface area contributed by atoms with E-state index in [1.165, 1.54) is 15.7 Å². The van der Waals surface area contributed by atoms with Crippen LogP contribution in [-0.2, 0) is 0 Å². The number of rotatable bonds is 0. The van der Waals surface area contributed by atoms with Gasteiger partial charge in [-0.25, -0.2) is 0 Å². The third-order valence-electron chi connectivity index (χ3n) is 2.72. The van der Waals surface area contributed by atoms with Crippen molar-refractivity contribution in [3.05, 3.63) is 75.8 Å². The van der Waals surface area contributed by atoms with E-state index in [9.17, 15) is 0 Å². The highest BCUT2D eigenvalue weighted by molar-refractivity contribution is 5.48. The van der Waals surface area contributed by atoms with Gasteiger partial charge >= 0.3 is 0 Å². The third-order valence-corrected chi connectivity index (χ3v) is 2.72. The van der Waals surface area contributed by atoms with Gasteiger partial charge in [0.05, 0.1) is 5.35 Å². The summed E-state index contributed by atoms with van der Waals surface area (Å²) in [6.07, 6.45) is 10.2. The maximum atomic E-state index is 4.48. The number of nitrogens with zero attached hydrogens (tertiary/aromatic N) is 1. The molecule has 0 amide bonds. The van der Waals surface area contributed by atoms with E-state index in [0.29, 0.717) is 0 Å². The summed E-state index contributed by atoms with van der Waals surface area (Å²) in [6, 6.07) is 12.4. The SMILES string of the molecule is C1=C\C=c2\cccn\c2=c2/cccc/c2=C/1. The van der Waals surface area contributed by atoms with Gasteiger partial charge in [-0.2, -0.15) is 0 Å². The lowest BCUT2D eigenvalue weighted by molar-refractivity contribution is 1.19. The molecule has 1 heteroatoms. The van der Waals surface area contributed by atoms with Crippen LogP contribution in [0.15, 0.2) is 54.7 Å². The molecule has 1 heterocycles. The van der Waals surface area contributed by atoms with Crippen molar-refractivity contribution in [2.24, 2.45) is 0 Å². The number of aromatic nitrogens is 1. The Bertz CT molecular complexity index is 689. The number of hydrogen-bond donors (Lipinski definition) is 0. The normalized spacial score (nSPS) is 21.0. The van der Waals surface area contributed by atoms with E-state index < -0.39 is 0 Å². The zero-order valence-corrected chi connectivity index (χ0v) is 8.80. The van der Waals surface area contributed by atoms with Crippen LogP contribution < -0.4 is 10.4 Å². The van der Waals surface area contributed by atoms with Crippen LogP contribution in [-0.4, -0.2) is 4.98 Å². The fraction of sp³-hybridized carbons (Fsp3) is 0. The second-order valence-electron chi connectivity index (χ2n) is 3.75. The molecule has 1 nitrogen and oxygen atoms in total. The summed E-state index contributed by atoms with van der Waals surface area (Å²) in [4.78, 5) is 4.48. The Hall–Kier alpha value is -2.15. The van der Waals surface area contributed by atoms with Gasteiger partial charge in [-0.15, -0.1) is 0 Å². The Morgan fingerprint density at radius 1 is 0.750 bits per heavy atom. The lowest BCUT2D eigenvalue weighted by Crippen LogP contribution is -2.11. The number of pyridine rings is 1. The van der Waals surface area contributed by atoms with Gasteiger partial charge < -0.3 is 0 Å². The smallest absolute Gasteiger partial charge is 0.0780 e. The van der Waals surface area contributed by atoms with Crippen molar-refractivity contribution in [2.45, 2.75) is 0 Å². The van der Waals surface area contributed by atoms with Gasteiger partial charge in [0.15, 0.2) is 0 Å². The van der Waals surface area contributed by atoms with Crippen molar-refractivity contribution in [1.29, 1.82) is 0 Å². The van der Waals surface area contributed by atoms with Crippen molar-refractivity contribution in [3.8, 4) is 0 Å². The van der Waals surface area contributed by atoms with Gasteiger partial charge in [0.1, 0.15) is 0 Å².